The summed E-state index contributed by atoms with van der Waals surface area (Å²) in [7, 11) is 0. The van der Waals surface area contributed by atoms with Crippen LogP contribution in [0.25, 0.3) is 0 Å². The van der Waals surface area contributed by atoms with Gasteiger partial charge in [0.05, 0.1) is 12.8 Å². The second-order valence-electron chi connectivity index (χ2n) is 9.12. The molecule has 0 aliphatic carbocycles. The van der Waals surface area contributed by atoms with E-state index in [1.807, 2.05) is 0 Å². The van der Waals surface area contributed by atoms with Gasteiger partial charge in [0, 0.05) is 12.8 Å². The van der Waals surface area contributed by atoms with E-state index in [2.05, 4.69) is 13.8 Å². The number of esters is 4. The number of hydrogen-bond acceptors (Lipinski definition) is 8. The molecule has 0 aromatic rings. The van der Waals surface area contributed by atoms with Gasteiger partial charge < -0.3 is 18.9 Å². The van der Waals surface area contributed by atoms with Gasteiger partial charge in [-0.3, -0.25) is 19.2 Å². The van der Waals surface area contributed by atoms with Gasteiger partial charge in [-0.1, -0.05) is 90.9 Å². The molecule has 0 unspecified atom stereocenters. The van der Waals surface area contributed by atoms with Crippen LogP contribution in [0.1, 0.15) is 129 Å². The minimum absolute atomic E-state index is 0.00967. The molecule has 0 aliphatic rings. The highest BCUT2D eigenvalue weighted by atomic mass is 16.6. The van der Waals surface area contributed by atoms with Crippen molar-refractivity contribution in [2.75, 3.05) is 26.4 Å². The molecular weight excluding hydrogens is 464 g/mol. The number of carbonyl (C=O) groups is 4. The Labute approximate surface area is 218 Å². The first-order valence-electron chi connectivity index (χ1n) is 14.1. The van der Waals surface area contributed by atoms with E-state index in [0.717, 1.165) is 38.5 Å². The molecule has 0 heterocycles. The monoisotopic (exact) mass is 514 g/mol. The van der Waals surface area contributed by atoms with Gasteiger partial charge in [0.15, 0.2) is 0 Å². The average molecular weight is 515 g/mol. The maximum atomic E-state index is 11.7. The fourth-order valence-corrected chi connectivity index (χ4v) is 3.57. The molecule has 0 saturated heterocycles. The molecule has 0 spiro atoms. The number of unbranched alkanes of at least 4 members (excludes halogenated alkanes) is 12. The van der Waals surface area contributed by atoms with Crippen molar-refractivity contribution >= 4 is 23.9 Å². The van der Waals surface area contributed by atoms with Crippen molar-refractivity contribution < 1.29 is 38.1 Å². The van der Waals surface area contributed by atoms with Gasteiger partial charge in [0.2, 0.25) is 0 Å². The van der Waals surface area contributed by atoms with Gasteiger partial charge >= 0.3 is 23.9 Å². The zero-order chi connectivity index (χ0) is 26.7. The Morgan fingerprint density at radius 3 is 0.917 bits per heavy atom. The van der Waals surface area contributed by atoms with Crippen LogP contribution in [0.3, 0.4) is 0 Å². The van der Waals surface area contributed by atoms with E-state index in [1.165, 1.54) is 51.4 Å². The van der Waals surface area contributed by atoms with Crippen LogP contribution >= 0.6 is 0 Å². The highest BCUT2D eigenvalue weighted by Gasteiger charge is 2.10. The van der Waals surface area contributed by atoms with Gasteiger partial charge in [0.1, 0.15) is 26.4 Å². The summed E-state index contributed by atoms with van der Waals surface area (Å²) in [6.07, 6.45) is 16.3. The van der Waals surface area contributed by atoms with E-state index in [1.54, 1.807) is 0 Å². The van der Waals surface area contributed by atoms with E-state index >= 15 is 0 Å². The second kappa shape index (κ2) is 26.0. The molecule has 0 radical (unpaired) electrons. The highest BCUT2D eigenvalue weighted by molar-refractivity contribution is 5.77. The van der Waals surface area contributed by atoms with Crippen molar-refractivity contribution in [3.8, 4) is 0 Å². The first-order chi connectivity index (χ1) is 17.5. The standard InChI is InChI=1S/C28H50O8/c1-3-5-7-9-11-13-15-17-25(29)33-21-23-35-27(31)19-20-28(32)36-24-22-34-26(30)18-16-14-12-10-8-6-4-2/h3-24H2,1-2H3. The topological polar surface area (TPSA) is 105 Å². The molecule has 210 valence electrons. The largest absolute Gasteiger partial charge is 0.462 e. The maximum Gasteiger partial charge on any atom is 0.306 e. The summed E-state index contributed by atoms with van der Waals surface area (Å²) in [6.45, 7) is 4.31. The predicted octanol–water partition coefficient (Wildman–Crippen LogP) is 6.22. The van der Waals surface area contributed by atoms with E-state index < -0.39 is 11.9 Å². The fourth-order valence-electron chi connectivity index (χ4n) is 3.57. The van der Waals surface area contributed by atoms with E-state index in [9.17, 15) is 19.2 Å². The number of ether oxygens (including phenoxy) is 4. The Balaban J connectivity index is 3.52. The number of hydrogen-bond donors (Lipinski definition) is 0. The normalized spacial score (nSPS) is 10.6. The van der Waals surface area contributed by atoms with Crippen molar-refractivity contribution in [2.24, 2.45) is 0 Å². The minimum Gasteiger partial charge on any atom is -0.462 e. The average Bonchev–Trinajstić information content (AvgIpc) is 2.86. The molecule has 8 nitrogen and oxygen atoms in total. The van der Waals surface area contributed by atoms with Gasteiger partial charge in [-0.05, 0) is 12.8 Å². The van der Waals surface area contributed by atoms with Gasteiger partial charge in [-0.25, -0.2) is 0 Å². The molecule has 0 rings (SSSR count). The first kappa shape index (κ1) is 33.9. The first-order valence-corrected chi connectivity index (χ1v) is 14.1. The van der Waals surface area contributed by atoms with Crippen molar-refractivity contribution in [1.29, 1.82) is 0 Å². The van der Waals surface area contributed by atoms with Crippen LogP contribution in [0.2, 0.25) is 0 Å². The summed E-state index contributed by atoms with van der Waals surface area (Å²) in [6, 6.07) is 0. The Bertz CT molecular complexity index is 526. The Hall–Kier alpha value is -2.12. The van der Waals surface area contributed by atoms with E-state index in [0.29, 0.717) is 12.8 Å². The molecule has 0 fully saturated rings. The van der Waals surface area contributed by atoms with Crippen molar-refractivity contribution in [3.63, 3.8) is 0 Å². The number of rotatable bonds is 25. The van der Waals surface area contributed by atoms with Crippen molar-refractivity contribution in [1.82, 2.24) is 0 Å². The lowest BCUT2D eigenvalue weighted by molar-refractivity contribution is -0.155. The predicted molar refractivity (Wildman–Crippen MR) is 138 cm³/mol. The Morgan fingerprint density at radius 2 is 0.611 bits per heavy atom. The Kier molecular flexibility index (Phi) is 24.4. The molecule has 0 amide bonds. The quantitative estimate of drug-likeness (QED) is 0.0803. The lowest BCUT2D eigenvalue weighted by atomic mass is 10.1. The lowest BCUT2D eigenvalue weighted by Crippen LogP contribution is -2.16. The summed E-state index contributed by atoms with van der Waals surface area (Å²) in [5.41, 5.74) is 0. The third kappa shape index (κ3) is 25.0. The van der Waals surface area contributed by atoms with Gasteiger partial charge in [-0.2, -0.15) is 0 Å². The molecule has 0 bridgehead atoms. The summed E-state index contributed by atoms with van der Waals surface area (Å²) >= 11 is 0. The van der Waals surface area contributed by atoms with Crippen LogP contribution in [0.4, 0.5) is 0 Å². The van der Waals surface area contributed by atoms with Crippen molar-refractivity contribution in [3.05, 3.63) is 0 Å². The fraction of sp³-hybridized carbons (Fsp3) is 0.857. The molecule has 8 heteroatoms. The summed E-state index contributed by atoms with van der Waals surface area (Å²) in [4.78, 5) is 46.7. The third-order valence-corrected chi connectivity index (χ3v) is 5.72. The molecule has 0 atom stereocenters. The van der Waals surface area contributed by atoms with Gasteiger partial charge in [0.25, 0.3) is 0 Å². The van der Waals surface area contributed by atoms with Crippen LogP contribution in [-0.4, -0.2) is 50.3 Å². The van der Waals surface area contributed by atoms with E-state index in [-0.39, 0.29) is 51.2 Å². The van der Waals surface area contributed by atoms with E-state index in [4.69, 9.17) is 18.9 Å². The lowest BCUT2D eigenvalue weighted by Gasteiger charge is -2.08. The third-order valence-electron chi connectivity index (χ3n) is 5.72. The molecule has 0 saturated carbocycles. The highest BCUT2D eigenvalue weighted by Crippen LogP contribution is 2.10. The van der Waals surface area contributed by atoms with Crippen molar-refractivity contribution in [2.45, 2.75) is 129 Å². The summed E-state index contributed by atoms with van der Waals surface area (Å²) in [5.74, 6) is -1.69. The van der Waals surface area contributed by atoms with Crippen LogP contribution in [0.5, 0.6) is 0 Å². The maximum absolute atomic E-state index is 11.7. The molecule has 0 N–H and O–H groups in total. The molecule has 0 aromatic heterocycles. The smallest absolute Gasteiger partial charge is 0.306 e. The molecule has 0 aliphatic heterocycles. The summed E-state index contributed by atoms with van der Waals surface area (Å²) in [5, 5.41) is 0. The summed E-state index contributed by atoms with van der Waals surface area (Å²) < 4.78 is 20.0. The molecular formula is C28H50O8. The van der Waals surface area contributed by atoms with Gasteiger partial charge in [-0.15, -0.1) is 0 Å². The van der Waals surface area contributed by atoms with Crippen LogP contribution in [0, 0.1) is 0 Å². The number of carbonyl (C=O) groups excluding carboxylic acids is 4. The zero-order valence-electron chi connectivity index (χ0n) is 22.8. The molecule has 36 heavy (non-hydrogen) atoms. The second-order valence-corrected chi connectivity index (χ2v) is 9.12. The van der Waals surface area contributed by atoms with Crippen LogP contribution in [-0.2, 0) is 38.1 Å². The van der Waals surface area contributed by atoms with Crippen LogP contribution in [0.15, 0.2) is 0 Å². The molecule has 0 aromatic carbocycles. The SMILES string of the molecule is CCCCCCCCCC(=O)OCCOC(=O)CCC(=O)OCCOC(=O)CCCCCCCCC. The Morgan fingerprint density at radius 1 is 0.361 bits per heavy atom. The minimum atomic E-state index is -0.559. The van der Waals surface area contributed by atoms with Crippen LogP contribution < -0.4 is 0 Å². The zero-order valence-corrected chi connectivity index (χ0v) is 22.8.